The molecule has 0 aliphatic carbocycles. The van der Waals surface area contributed by atoms with Crippen molar-refractivity contribution in [2.75, 3.05) is 33.2 Å². The summed E-state index contributed by atoms with van der Waals surface area (Å²) >= 11 is 0. The second kappa shape index (κ2) is 8.13. The van der Waals surface area contributed by atoms with Crippen molar-refractivity contribution in [3.8, 4) is 0 Å². The van der Waals surface area contributed by atoms with Gasteiger partial charge >= 0.3 is 6.03 Å². The normalized spacial score (nSPS) is 18.6. The number of amides is 2. The number of carbonyl (C=O) groups excluding carboxylic acids is 1. The molecule has 5 nitrogen and oxygen atoms in total. The van der Waals surface area contributed by atoms with Gasteiger partial charge in [0.05, 0.1) is 12.2 Å². The van der Waals surface area contributed by atoms with Crippen molar-refractivity contribution in [2.45, 2.75) is 26.8 Å². The molecule has 2 amide bonds. The number of likely N-dealkylation sites (tertiary alicyclic amines) is 1. The summed E-state index contributed by atoms with van der Waals surface area (Å²) in [5, 5.41) is 3.05. The number of carbonyl (C=O) groups is 1. The fourth-order valence-corrected chi connectivity index (χ4v) is 2.93. The van der Waals surface area contributed by atoms with Crippen molar-refractivity contribution >= 4 is 6.03 Å². The molecule has 1 aliphatic heterocycles. The van der Waals surface area contributed by atoms with E-state index >= 15 is 0 Å². The highest BCUT2D eigenvalue weighted by atomic mass is 16.2. The molecule has 1 aromatic rings. The SMILES string of the molecule is CC(C)CN1CC[C@@H](CNC(=O)N(C)Cc2ccccn2)C1. The van der Waals surface area contributed by atoms with Gasteiger partial charge in [-0.2, -0.15) is 0 Å². The first-order valence-electron chi connectivity index (χ1n) is 8.16. The molecule has 2 rings (SSSR count). The van der Waals surface area contributed by atoms with Crippen LogP contribution in [-0.4, -0.2) is 54.0 Å². The molecule has 5 heteroatoms. The van der Waals surface area contributed by atoms with E-state index in [2.05, 4.69) is 29.0 Å². The fourth-order valence-electron chi connectivity index (χ4n) is 2.93. The molecule has 122 valence electrons. The highest BCUT2D eigenvalue weighted by Gasteiger charge is 2.23. The van der Waals surface area contributed by atoms with Crippen LogP contribution in [0.3, 0.4) is 0 Å². The third-order valence-electron chi connectivity index (χ3n) is 4.01. The van der Waals surface area contributed by atoms with Crippen LogP contribution in [0.5, 0.6) is 0 Å². The van der Waals surface area contributed by atoms with Crippen molar-refractivity contribution in [1.29, 1.82) is 0 Å². The second-order valence-corrected chi connectivity index (χ2v) is 6.67. The molecule has 1 N–H and O–H groups in total. The van der Waals surface area contributed by atoms with Gasteiger partial charge in [0.25, 0.3) is 0 Å². The molecule has 0 aromatic carbocycles. The van der Waals surface area contributed by atoms with Gasteiger partial charge in [-0.3, -0.25) is 4.98 Å². The molecule has 2 heterocycles. The molecular formula is C17H28N4O. The number of hydrogen-bond acceptors (Lipinski definition) is 3. The first-order chi connectivity index (χ1) is 10.5. The van der Waals surface area contributed by atoms with Gasteiger partial charge in [-0.05, 0) is 36.9 Å². The molecule has 0 radical (unpaired) electrons. The van der Waals surface area contributed by atoms with Crippen molar-refractivity contribution in [3.05, 3.63) is 30.1 Å². The van der Waals surface area contributed by atoms with Gasteiger partial charge in [-0.15, -0.1) is 0 Å². The van der Waals surface area contributed by atoms with Crippen LogP contribution in [0.25, 0.3) is 0 Å². The summed E-state index contributed by atoms with van der Waals surface area (Å²) in [6, 6.07) is 5.74. The molecule has 22 heavy (non-hydrogen) atoms. The number of rotatable bonds is 6. The van der Waals surface area contributed by atoms with Crippen LogP contribution in [0.4, 0.5) is 4.79 Å². The molecule has 0 spiro atoms. The first kappa shape index (κ1) is 16.7. The van der Waals surface area contributed by atoms with E-state index in [4.69, 9.17) is 0 Å². The third-order valence-corrected chi connectivity index (χ3v) is 4.01. The van der Waals surface area contributed by atoms with Crippen molar-refractivity contribution in [1.82, 2.24) is 20.1 Å². The maximum Gasteiger partial charge on any atom is 0.317 e. The second-order valence-electron chi connectivity index (χ2n) is 6.67. The van der Waals surface area contributed by atoms with Gasteiger partial charge in [-0.25, -0.2) is 4.79 Å². The molecule has 1 saturated heterocycles. The molecule has 0 bridgehead atoms. The van der Waals surface area contributed by atoms with Crippen LogP contribution in [0, 0.1) is 11.8 Å². The predicted molar refractivity (Wildman–Crippen MR) is 88.5 cm³/mol. The van der Waals surface area contributed by atoms with Gasteiger partial charge in [-0.1, -0.05) is 19.9 Å². The number of nitrogens with one attached hydrogen (secondary N) is 1. The standard InChI is InChI=1S/C17H28N4O/c1-14(2)11-21-9-7-15(12-21)10-19-17(22)20(3)13-16-6-4-5-8-18-16/h4-6,8,14-15H,7,9-13H2,1-3H3,(H,19,22)/t15-/m0/s1. The highest BCUT2D eigenvalue weighted by molar-refractivity contribution is 5.73. The molecule has 0 unspecified atom stereocenters. The molecular weight excluding hydrogens is 276 g/mol. The lowest BCUT2D eigenvalue weighted by Gasteiger charge is -2.20. The minimum atomic E-state index is -0.0204. The van der Waals surface area contributed by atoms with Gasteiger partial charge in [0, 0.05) is 32.9 Å². The minimum absolute atomic E-state index is 0.0204. The summed E-state index contributed by atoms with van der Waals surface area (Å²) < 4.78 is 0. The number of aromatic nitrogens is 1. The van der Waals surface area contributed by atoms with E-state index in [-0.39, 0.29) is 6.03 Å². The van der Waals surface area contributed by atoms with Gasteiger partial charge in [0.1, 0.15) is 0 Å². The topological polar surface area (TPSA) is 48.5 Å². The number of nitrogens with zero attached hydrogens (tertiary/aromatic N) is 3. The molecule has 1 atom stereocenters. The zero-order valence-corrected chi connectivity index (χ0v) is 14.0. The molecule has 1 aliphatic rings. The zero-order chi connectivity index (χ0) is 15.9. The molecule has 0 saturated carbocycles. The number of urea groups is 1. The van der Waals surface area contributed by atoms with Crippen LogP contribution in [-0.2, 0) is 6.54 Å². The summed E-state index contributed by atoms with van der Waals surface area (Å²) in [5.74, 6) is 1.28. The monoisotopic (exact) mass is 304 g/mol. The van der Waals surface area contributed by atoms with E-state index in [9.17, 15) is 4.79 Å². The van der Waals surface area contributed by atoms with Gasteiger partial charge < -0.3 is 15.1 Å². The largest absolute Gasteiger partial charge is 0.338 e. The Morgan fingerprint density at radius 3 is 3.00 bits per heavy atom. The van der Waals surface area contributed by atoms with Crippen molar-refractivity contribution < 1.29 is 4.79 Å². The average molecular weight is 304 g/mol. The zero-order valence-electron chi connectivity index (χ0n) is 14.0. The number of pyridine rings is 1. The summed E-state index contributed by atoms with van der Waals surface area (Å²) in [6.45, 7) is 9.22. The van der Waals surface area contributed by atoms with Crippen LogP contribution >= 0.6 is 0 Å². The Labute approximate surface area is 133 Å². The Kier molecular flexibility index (Phi) is 6.19. The van der Waals surface area contributed by atoms with Gasteiger partial charge in [0.2, 0.25) is 0 Å². The quantitative estimate of drug-likeness (QED) is 0.876. The Hall–Kier alpha value is -1.62. The fraction of sp³-hybridized carbons (Fsp3) is 0.647. The van der Waals surface area contributed by atoms with E-state index < -0.39 is 0 Å². The Balaban J connectivity index is 1.69. The van der Waals surface area contributed by atoms with E-state index in [1.807, 2.05) is 25.2 Å². The van der Waals surface area contributed by atoms with Crippen LogP contribution < -0.4 is 5.32 Å². The first-order valence-corrected chi connectivity index (χ1v) is 8.16. The maximum absolute atomic E-state index is 12.1. The highest BCUT2D eigenvalue weighted by Crippen LogP contribution is 2.16. The summed E-state index contributed by atoms with van der Waals surface area (Å²) in [5.41, 5.74) is 0.907. The van der Waals surface area contributed by atoms with Crippen LogP contribution in [0.2, 0.25) is 0 Å². The maximum atomic E-state index is 12.1. The lowest BCUT2D eigenvalue weighted by atomic mass is 10.1. The summed E-state index contributed by atoms with van der Waals surface area (Å²) in [7, 11) is 1.81. The Morgan fingerprint density at radius 2 is 2.32 bits per heavy atom. The van der Waals surface area contributed by atoms with E-state index in [0.29, 0.717) is 18.4 Å². The van der Waals surface area contributed by atoms with Crippen molar-refractivity contribution in [3.63, 3.8) is 0 Å². The van der Waals surface area contributed by atoms with Crippen molar-refractivity contribution in [2.24, 2.45) is 11.8 Å². The van der Waals surface area contributed by atoms with Gasteiger partial charge in [0.15, 0.2) is 0 Å². The lowest BCUT2D eigenvalue weighted by molar-refractivity contribution is 0.204. The average Bonchev–Trinajstić information content (AvgIpc) is 2.92. The smallest absolute Gasteiger partial charge is 0.317 e. The summed E-state index contributed by atoms with van der Waals surface area (Å²) in [6.07, 6.45) is 2.93. The van der Waals surface area contributed by atoms with E-state index in [1.54, 1.807) is 11.1 Å². The van der Waals surface area contributed by atoms with E-state index in [0.717, 1.165) is 31.9 Å². The number of hydrogen-bond donors (Lipinski definition) is 1. The summed E-state index contributed by atoms with van der Waals surface area (Å²) in [4.78, 5) is 20.6. The van der Waals surface area contributed by atoms with E-state index in [1.165, 1.54) is 6.42 Å². The Bertz CT molecular complexity index is 463. The minimum Gasteiger partial charge on any atom is -0.338 e. The third kappa shape index (κ3) is 5.30. The molecule has 1 fully saturated rings. The molecule has 1 aromatic heterocycles. The lowest BCUT2D eigenvalue weighted by Crippen LogP contribution is -2.40. The predicted octanol–water partition coefficient (Wildman–Crippen LogP) is 2.20. The van der Waals surface area contributed by atoms with Crippen LogP contribution in [0.15, 0.2) is 24.4 Å². The van der Waals surface area contributed by atoms with Crippen LogP contribution in [0.1, 0.15) is 26.0 Å². The Morgan fingerprint density at radius 1 is 1.50 bits per heavy atom.